The lowest BCUT2D eigenvalue weighted by molar-refractivity contribution is 0.244. The van der Waals surface area contributed by atoms with Gasteiger partial charge in [0.2, 0.25) is 0 Å². The van der Waals surface area contributed by atoms with E-state index in [1.807, 2.05) is 11.3 Å². The zero-order valence-corrected chi connectivity index (χ0v) is 16.4. The Balaban J connectivity index is 1.93. The van der Waals surface area contributed by atoms with Crippen molar-refractivity contribution in [2.24, 2.45) is 5.92 Å². The molecule has 2 unspecified atom stereocenters. The standard InChI is InChI=1S/C18H23IN2S/c1-4-13(5-2)18-20-15-10-14(7-9-17(15)22-18)16-8-6-12(3)11-21(16)19/h4,7,9-10,12,16H,5-6,8,11H2,1-3H3/b13-4+. The summed E-state index contributed by atoms with van der Waals surface area (Å²) in [5.74, 6) is 0.810. The zero-order valence-electron chi connectivity index (χ0n) is 13.5. The van der Waals surface area contributed by atoms with Crippen molar-refractivity contribution in [2.75, 3.05) is 6.54 Å². The molecule has 4 heteroatoms. The van der Waals surface area contributed by atoms with Gasteiger partial charge < -0.3 is 0 Å². The van der Waals surface area contributed by atoms with E-state index >= 15 is 0 Å². The highest BCUT2D eigenvalue weighted by atomic mass is 127. The Morgan fingerprint density at radius 1 is 1.45 bits per heavy atom. The van der Waals surface area contributed by atoms with Crippen LogP contribution >= 0.6 is 34.2 Å². The fraction of sp³-hybridized carbons (Fsp3) is 0.500. The number of hydrogen-bond donors (Lipinski definition) is 0. The maximum atomic E-state index is 4.88. The summed E-state index contributed by atoms with van der Waals surface area (Å²) in [7, 11) is 0. The summed E-state index contributed by atoms with van der Waals surface area (Å²) in [5, 5.41) is 1.18. The molecule has 1 saturated heterocycles. The van der Waals surface area contributed by atoms with Gasteiger partial charge in [-0.1, -0.05) is 26.0 Å². The molecule has 0 radical (unpaired) electrons. The largest absolute Gasteiger partial charge is 0.240 e. The van der Waals surface area contributed by atoms with Crippen molar-refractivity contribution in [2.45, 2.75) is 46.1 Å². The minimum Gasteiger partial charge on any atom is -0.240 e. The second-order valence-corrected chi connectivity index (χ2v) is 8.46. The molecular weight excluding hydrogens is 403 g/mol. The van der Waals surface area contributed by atoms with Gasteiger partial charge in [0.05, 0.1) is 10.2 Å². The maximum absolute atomic E-state index is 4.88. The van der Waals surface area contributed by atoms with Crippen molar-refractivity contribution in [1.29, 1.82) is 0 Å². The van der Waals surface area contributed by atoms with E-state index in [9.17, 15) is 0 Å². The Kier molecular flexibility index (Phi) is 5.20. The summed E-state index contributed by atoms with van der Waals surface area (Å²) in [6, 6.07) is 7.42. The summed E-state index contributed by atoms with van der Waals surface area (Å²) in [6.07, 6.45) is 5.81. The number of allylic oxidation sites excluding steroid dienone is 2. The second kappa shape index (κ2) is 6.97. The number of nitrogens with zero attached hydrogens (tertiary/aromatic N) is 2. The highest BCUT2D eigenvalue weighted by molar-refractivity contribution is 14.1. The summed E-state index contributed by atoms with van der Waals surface area (Å²) < 4.78 is 3.78. The van der Waals surface area contributed by atoms with Gasteiger partial charge in [-0.3, -0.25) is 0 Å². The third-order valence-corrected chi connectivity index (χ3v) is 6.74. The molecule has 2 heterocycles. The molecule has 3 rings (SSSR count). The molecule has 1 fully saturated rings. The van der Waals surface area contributed by atoms with Crippen molar-refractivity contribution < 1.29 is 0 Å². The number of rotatable bonds is 3. The number of halogens is 1. The van der Waals surface area contributed by atoms with Gasteiger partial charge in [-0.05, 0) is 55.4 Å². The fourth-order valence-electron chi connectivity index (χ4n) is 3.20. The number of hydrogen-bond acceptors (Lipinski definition) is 3. The van der Waals surface area contributed by atoms with Gasteiger partial charge in [0, 0.05) is 35.5 Å². The predicted octanol–water partition coefficient (Wildman–Crippen LogP) is 6.23. The molecular formula is C18H23IN2S. The Morgan fingerprint density at radius 3 is 2.95 bits per heavy atom. The minimum absolute atomic E-state index is 0.540. The molecule has 2 nitrogen and oxygen atoms in total. The van der Waals surface area contributed by atoms with Crippen LogP contribution in [0.5, 0.6) is 0 Å². The zero-order chi connectivity index (χ0) is 15.7. The van der Waals surface area contributed by atoms with Crippen molar-refractivity contribution >= 4 is 50.0 Å². The van der Waals surface area contributed by atoms with Gasteiger partial charge in [0.1, 0.15) is 5.01 Å². The van der Waals surface area contributed by atoms with Gasteiger partial charge in [-0.15, -0.1) is 11.3 Å². The summed E-state index contributed by atoms with van der Waals surface area (Å²) in [5.41, 5.74) is 3.93. The number of benzene rings is 1. The van der Waals surface area contributed by atoms with Crippen molar-refractivity contribution in [3.63, 3.8) is 0 Å². The van der Waals surface area contributed by atoms with Gasteiger partial charge in [0.15, 0.2) is 0 Å². The highest BCUT2D eigenvalue weighted by Crippen LogP contribution is 2.37. The third kappa shape index (κ3) is 3.24. The highest BCUT2D eigenvalue weighted by Gasteiger charge is 2.26. The summed E-state index contributed by atoms with van der Waals surface area (Å²) >= 11 is 4.31. The van der Waals surface area contributed by atoms with E-state index in [-0.39, 0.29) is 0 Å². The van der Waals surface area contributed by atoms with Crippen molar-refractivity contribution in [3.05, 3.63) is 34.8 Å². The lowest BCUT2D eigenvalue weighted by atomic mass is 9.92. The average Bonchev–Trinajstić information content (AvgIpc) is 2.91. The first-order valence-corrected chi connectivity index (χ1v) is 9.89. The van der Waals surface area contributed by atoms with Gasteiger partial charge in [0.25, 0.3) is 0 Å². The van der Waals surface area contributed by atoms with E-state index in [1.54, 1.807) is 0 Å². The normalized spacial score (nSPS) is 24.1. The Morgan fingerprint density at radius 2 is 2.27 bits per heavy atom. The van der Waals surface area contributed by atoms with E-state index in [4.69, 9.17) is 4.98 Å². The first-order valence-electron chi connectivity index (χ1n) is 8.10. The quantitative estimate of drug-likeness (QED) is 0.427. The van der Waals surface area contributed by atoms with E-state index < -0.39 is 0 Å². The molecule has 2 aromatic rings. The molecule has 1 aromatic carbocycles. The molecule has 1 aromatic heterocycles. The maximum Gasteiger partial charge on any atom is 0.120 e. The summed E-state index contributed by atoms with van der Waals surface area (Å²) in [6.45, 7) is 7.84. The summed E-state index contributed by atoms with van der Waals surface area (Å²) in [4.78, 5) is 4.88. The number of piperidine rings is 1. The van der Waals surface area contributed by atoms with Crippen molar-refractivity contribution in [3.8, 4) is 0 Å². The molecule has 0 aliphatic carbocycles. The van der Waals surface area contributed by atoms with Crippen LogP contribution in [0.25, 0.3) is 15.8 Å². The smallest absolute Gasteiger partial charge is 0.120 e. The van der Waals surface area contributed by atoms with Crippen LogP contribution in [0, 0.1) is 5.92 Å². The fourth-order valence-corrected chi connectivity index (χ4v) is 5.56. The Bertz CT molecular complexity index is 691. The molecule has 0 N–H and O–H groups in total. The Hall–Kier alpha value is -0.460. The average molecular weight is 426 g/mol. The van der Waals surface area contributed by atoms with Crippen LogP contribution in [0.2, 0.25) is 0 Å². The van der Waals surface area contributed by atoms with Gasteiger partial charge in [-0.2, -0.15) is 0 Å². The molecule has 0 spiro atoms. The number of fused-ring (bicyclic) bond motifs is 1. The van der Waals surface area contributed by atoms with Crippen LogP contribution in [-0.2, 0) is 0 Å². The van der Waals surface area contributed by atoms with E-state index in [0.717, 1.165) is 17.9 Å². The molecule has 0 amide bonds. The van der Waals surface area contributed by atoms with Crippen LogP contribution in [0.15, 0.2) is 24.3 Å². The molecule has 22 heavy (non-hydrogen) atoms. The molecule has 118 valence electrons. The van der Waals surface area contributed by atoms with Crippen molar-refractivity contribution in [1.82, 2.24) is 8.10 Å². The van der Waals surface area contributed by atoms with E-state index in [2.05, 4.69) is 71.0 Å². The van der Waals surface area contributed by atoms with Crippen LogP contribution in [0.3, 0.4) is 0 Å². The number of aromatic nitrogens is 1. The van der Waals surface area contributed by atoms with Crippen LogP contribution in [-0.4, -0.2) is 14.6 Å². The van der Waals surface area contributed by atoms with Crippen LogP contribution < -0.4 is 0 Å². The first kappa shape index (κ1) is 16.4. The molecule has 2 atom stereocenters. The lowest BCUT2D eigenvalue weighted by Crippen LogP contribution is -2.29. The first-order chi connectivity index (χ1) is 10.6. The van der Waals surface area contributed by atoms with Gasteiger partial charge >= 0.3 is 0 Å². The third-order valence-electron chi connectivity index (χ3n) is 4.56. The molecule has 0 bridgehead atoms. The Labute approximate surface area is 151 Å². The monoisotopic (exact) mass is 426 g/mol. The topological polar surface area (TPSA) is 16.1 Å². The molecule has 1 aliphatic rings. The van der Waals surface area contributed by atoms with Crippen LogP contribution in [0.1, 0.15) is 56.6 Å². The van der Waals surface area contributed by atoms with Gasteiger partial charge in [-0.25, -0.2) is 8.10 Å². The minimum atomic E-state index is 0.540. The van der Waals surface area contributed by atoms with E-state index in [1.165, 1.54) is 40.2 Å². The van der Waals surface area contributed by atoms with E-state index in [0.29, 0.717) is 6.04 Å². The second-order valence-electron chi connectivity index (χ2n) is 6.19. The SMILES string of the molecule is C/C=C(\CC)c1nc2cc(C3CCC(C)CN3I)ccc2s1. The lowest BCUT2D eigenvalue weighted by Gasteiger charge is -2.34. The molecule has 0 saturated carbocycles. The predicted molar refractivity (Wildman–Crippen MR) is 105 cm³/mol. The number of thiazole rings is 1. The molecule has 1 aliphatic heterocycles. The van der Waals surface area contributed by atoms with Crippen LogP contribution in [0.4, 0.5) is 0 Å².